The second-order valence-corrected chi connectivity index (χ2v) is 1.28. The number of rotatable bonds is 0. The molecule has 0 amide bonds. The van der Waals surface area contributed by atoms with Gasteiger partial charge in [-0.25, -0.2) is 0 Å². The van der Waals surface area contributed by atoms with E-state index in [2.05, 4.69) is 15.4 Å². The van der Waals surface area contributed by atoms with Crippen LogP contribution in [0.15, 0.2) is 0 Å². The molecule has 1 aliphatic heterocycles. The topological polar surface area (TPSA) is 96.8 Å². The van der Waals surface area contributed by atoms with Crippen LogP contribution in [0.1, 0.15) is 0 Å². The first-order valence-electron chi connectivity index (χ1n) is 2.51. The molecule has 1 fully saturated rings. The molecule has 0 atom stereocenters. The van der Waals surface area contributed by atoms with Crippen LogP contribution in [0.3, 0.4) is 0 Å². The van der Waals surface area contributed by atoms with E-state index >= 15 is 0 Å². The summed E-state index contributed by atoms with van der Waals surface area (Å²) in [6.45, 7) is 0. The molecular weight excluding hydrogens is 133 g/mol. The minimum absolute atomic E-state index is 1.72. The fourth-order valence-corrected chi connectivity index (χ4v) is 0.269. The molecular formula is H6B4N3O3. The lowest BCUT2D eigenvalue weighted by Crippen LogP contribution is -2.55. The summed E-state index contributed by atoms with van der Waals surface area (Å²) in [6, 6.07) is 0. The average Bonchev–Trinajstić information content (AvgIpc) is 1.90. The fraction of sp³-hybridized carbons (Fsp3) is 0. The van der Waals surface area contributed by atoms with E-state index in [1.807, 2.05) is 0 Å². The van der Waals surface area contributed by atoms with Gasteiger partial charge < -0.3 is 30.5 Å². The van der Waals surface area contributed by atoms with Crippen LogP contribution in [0.2, 0.25) is 0 Å². The molecule has 0 unspecified atom stereocenters. The molecule has 3 radical (unpaired) electrons. The Hall–Kier alpha value is 0.0197. The zero-order valence-electron chi connectivity index (χ0n) is 5.15. The molecule has 0 aromatic heterocycles. The van der Waals surface area contributed by atoms with Gasteiger partial charge in [-0.15, -0.1) is 0 Å². The summed E-state index contributed by atoms with van der Waals surface area (Å²) in [6.07, 6.45) is 0. The Kier molecular flexibility index (Phi) is 7.14. The third-order valence-corrected chi connectivity index (χ3v) is 0.500. The van der Waals surface area contributed by atoms with E-state index in [1.165, 1.54) is 0 Å². The predicted molar refractivity (Wildman–Crippen MR) is 39.1 cm³/mol. The first kappa shape index (κ1) is 10.0. The molecule has 0 aliphatic carbocycles. The maximum atomic E-state index is 7.17. The highest BCUT2D eigenvalue weighted by Crippen LogP contribution is 1.46. The summed E-state index contributed by atoms with van der Waals surface area (Å²) in [7, 11) is 2.99. The summed E-state index contributed by atoms with van der Waals surface area (Å²) in [5.74, 6) is 0. The number of hydrogen-bond acceptors (Lipinski definition) is 6. The summed E-state index contributed by atoms with van der Waals surface area (Å²) in [5, 5.41) is 29.8. The first-order valence-corrected chi connectivity index (χ1v) is 2.51. The molecule has 1 aliphatic rings. The van der Waals surface area contributed by atoms with Gasteiger partial charge in [0.15, 0.2) is 0 Å². The minimum atomic E-state index is -2.17. The predicted octanol–water partition coefficient (Wildman–Crippen LogP) is -4.68. The highest BCUT2D eigenvalue weighted by molar-refractivity contribution is 6.65. The van der Waals surface area contributed by atoms with Crippen molar-refractivity contribution in [3.05, 3.63) is 0 Å². The number of hydrogen-bond donors (Lipinski definition) is 6. The SMILES string of the molecule is OB(O)O.[B]1N[B]N[B]N1. The second kappa shape index (κ2) is 7.13. The molecule has 6 nitrogen and oxygen atoms in total. The lowest BCUT2D eigenvalue weighted by molar-refractivity contribution is 0.278. The molecule has 10 heavy (non-hydrogen) atoms. The summed E-state index contributed by atoms with van der Waals surface area (Å²) in [5.41, 5.74) is 0. The third-order valence-electron chi connectivity index (χ3n) is 0.500. The molecule has 0 aromatic rings. The standard InChI is InChI=1S/B3H3N3.BH3O3/c1-4-2-6-3-5-1;2-1(3)4/h4-6H;2-4H. The molecule has 0 aromatic carbocycles. The van der Waals surface area contributed by atoms with E-state index in [9.17, 15) is 0 Å². The molecule has 0 saturated carbocycles. The molecule has 1 rings (SSSR count). The zero-order chi connectivity index (χ0) is 7.82. The zero-order valence-corrected chi connectivity index (χ0v) is 5.15. The van der Waals surface area contributed by atoms with E-state index in [1.54, 1.807) is 22.6 Å². The van der Waals surface area contributed by atoms with Crippen molar-refractivity contribution in [2.45, 2.75) is 0 Å². The van der Waals surface area contributed by atoms with Gasteiger partial charge in [-0.05, 0) is 0 Å². The highest BCUT2D eigenvalue weighted by atomic mass is 16.5. The first-order chi connectivity index (χ1) is 4.73. The van der Waals surface area contributed by atoms with E-state index < -0.39 is 7.32 Å². The van der Waals surface area contributed by atoms with Crippen LogP contribution in [-0.4, -0.2) is 45.0 Å². The quantitative estimate of drug-likeness (QED) is 0.189. The van der Waals surface area contributed by atoms with Gasteiger partial charge in [0.2, 0.25) is 0 Å². The van der Waals surface area contributed by atoms with Crippen molar-refractivity contribution in [2.24, 2.45) is 0 Å². The molecule has 0 spiro atoms. The lowest BCUT2D eigenvalue weighted by Gasteiger charge is -2.07. The molecule has 51 valence electrons. The van der Waals surface area contributed by atoms with Crippen molar-refractivity contribution in [3.63, 3.8) is 0 Å². The van der Waals surface area contributed by atoms with Crippen molar-refractivity contribution < 1.29 is 15.1 Å². The van der Waals surface area contributed by atoms with Crippen LogP contribution in [0.5, 0.6) is 0 Å². The van der Waals surface area contributed by atoms with Crippen LogP contribution >= 0.6 is 0 Å². The molecule has 1 heterocycles. The van der Waals surface area contributed by atoms with Crippen molar-refractivity contribution in [1.82, 2.24) is 15.4 Å². The molecule has 6 N–H and O–H groups in total. The maximum absolute atomic E-state index is 7.17. The Labute approximate surface area is 61.4 Å². The van der Waals surface area contributed by atoms with Gasteiger partial charge in [0.1, 0.15) is 0 Å². The monoisotopic (exact) mass is 140 g/mol. The van der Waals surface area contributed by atoms with Crippen LogP contribution in [-0.2, 0) is 0 Å². The lowest BCUT2D eigenvalue weighted by atomic mass is 9.85. The maximum Gasteiger partial charge on any atom is 0.631 e. The van der Waals surface area contributed by atoms with Crippen LogP contribution in [0.25, 0.3) is 0 Å². The number of nitrogens with one attached hydrogen (secondary N) is 3. The van der Waals surface area contributed by atoms with Crippen molar-refractivity contribution in [3.8, 4) is 0 Å². The van der Waals surface area contributed by atoms with Gasteiger partial charge in [0.25, 0.3) is 22.6 Å². The van der Waals surface area contributed by atoms with Gasteiger partial charge in [-0.3, -0.25) is 0 Å². The molecule has 0 bridgehead atoms. The van der Waals surface area contributed by atoms with Gasteiger partial charge in [0.05, 0.1) is 0 Å². The molecule has 1 saturated heterocycles. The fourth-order valence-electron chi connectivity index (χ4n) is 0.269. The van der Waals surface area contributed by atoms with Gasteiger partial charge >= 0.3 is 7.32 Å². The summed E-state index contributed by atoms with van der Waals surface area (Å²) < 4.78 is 0. The van der Waals surface area contributed by atoms with Gasteiger partial charge in [-0.1, -0.05) is 0 Å². The van der Waals surface area contributed by atoms with Gasteiger partial charge in [0, 0.05) is 0 Å². The van der Waals surface area contributed by atoms with E-state index in [4.69, 9.17) is 15.1 Å². The normalized spacial score (nSPS) is 14.7. The smallest absolute Gasteiger partial charge is 0.402 e. The second-order valence-electron chi connectivity index (χ2n) is 1.28. The van der Waals surface area contributed by atoms with Crippen molar-refractivity contribution in [1.29, 1.82) is 0 Å². The van der Waals surface area contributed by atoms with Crippen molar-refractivity contribution in [2.75, 3.05) is 0 Å². The van der Waals surface area contributed by atoms with E-state index in [0.29, 0.717) is 0 Å². The summed E-state index contributed by atoms with van der Waals surface area (Å²) in [4.78, 5) is 0. The Balaban J connectivity index is 0.000000180. The Morgan fingerprint density at radius 2 is 1.00 bits per heavy atom. The Bertz CT molecular complexity index is 52.5. The highest BCUT2D eigenvalue weighted by Gasteiger charge is 1.98. The minimum Gasteiger partial charge on any atom is -0.402 e. The van der Waals surface area contributed by atoms with Crippen LogP contribution in [0, 0.1) is 0 Å². The van der Waals surface area contributed by atoms with Gasteiger partial charge in [-0.2, -0.15) is 0 Å². The Morgan fingerprint density at radius 3 is 1.10 bits per heavy atom. The van der Waals surface area contributed by atoms with Crippen LogP contribution in [0.4, 0.5) is 0 Å². The summed E-state index contributed by atoms with van der Waals surface area (Å²) >= 11 is 0. The largest absolute Gasteiger partial charge is 0.631 e. The van der Waals surface area contributed by atoms with Crippen LogP contribution < -0.4 is 15.4 Å². The molecule has 10 heteroatoms. The Morgan fingerprint density at radius 1 is 0.800 bits per heavy atom. The van der Waals surface area contributed by atoms with Crippen molar-refractivity contribution >= 4 is 30.0 Å². The third kappa shape index (κ3) is 10.9. The van der Waals surface area contributed by atoms with E-state index in [0.717, 1.165) is 0 Å². The average molecular weight is 139 g/mol. The van der Waals surface area contributed by atoms with E-state index in [-0.39, 0.29) is 0 Å².